The van der Waals surface area contributed by atoms with Crippen LogP contribution in [0.25, 0.3) is 11.8 Å². The van der Waals surface area contributed by atoms with Crippen LogP contribution in [0.4, 0.5) is 11.4 Å². The summed E-state index contributed by atoms with van der Waals surface area (Å²) < 4.78 is 0. The van der Waals surface area contributed by atoms with Gasteiger partial charge < -0.3 is 0 Å². The summed E-state index contributed by atoms with van der Waals surface area (Å²) in [6.45, 7) is 0. The Bertz CT molecular complexity index is 1270. The minimum atomic E-state index is -0.581. The van der Waals surface area contributed by atoms with Gasteiger partial charge in [0.1, 0.15) is 5.02 Å². The smallest absolute Gasteiger partial charge is 0.276 e. The van der Waals surface area contributed by atoms with Gasteiger partial charge in [-0.1, -0.05) is 71.2 Å². The van der Waals surface area contributed by atoms with Gasteiger partial charge in [0, 0.05) is 21.7 Å². The van der Waals surface area contributed by atoms with Crippen molar-refractivity contribution in [3.63, 3.8) is 0 Å². The number of anilines is 1. The van der Waals surface area contributed by atoms with E-state index in [2.05, 4.69) is 0 Å². The summed E-state index contributed by atoms with van der Waals surface area (Å²) in [4.78, 5) is 25.6. The normalized spacial score (nSPS) is 14.8. The molecule has 0 radical (unpaired) electrons. The van der Waals surface area contributed by atoms with E-state index in [9.17, 15) is 14.9 Å². The summed E-state index contributed by atoms with van der Waals surface area (Å²) in [5, 5.41) is 12.2. The van der Waals surface area contributed by atoms with E-state index in [1.54, 1.807) is 36.4 Å². The average Bonchev–Trinajstić information content (AvgIpc) is 3.07. The second-order valence-electron chi connectivity index (χ2n) is 6.69. The van der Waals surface area contributed by atoms with Gasteiger partial charge in [0.05, 0.1) is 16.3 Å². The number of halogens is 3. The third-order valence-electron chi connectivity index (χ3n) is 4.71. The summed E-state index contributed by atoms with van der Waals surface area (Å²) >= 11 is 18.2. The molecule has 3 aromatic carbocycles. The molecule has 0 atom stereocenters. The van der Waals surface area contributed by atoms with Gasteiger partial charge in [0.2, 0.25) is 0 Å². The molecule has 0 saturated heterocycles. The van der Waals surface area contributed by atoms with Crippen LogP contribution in [-0.4, -0.2) is 10.8 Å². The molecule has 0 spiro atoms. The molecule has 8 heteroatoms. The average molecular weight is 472 g/mol. The SMILES string of the molecule is O=C1/C(=C/c2ccc(Cl)cc2Cl)C=C(c2ccccc2)N1c1ccc(Cl)c([N+](=O)[O-])c1. The highest BCUT2D eigenvalue weighted by Gasteiger charge is 2.31. The van der Waals surface area contributed by atoms with Gasteiger partial charge in [0.25, 0.3) is 11.6 Å². The first-order valence-electron chi connectivity index (χ1n) is 9.07. The van der Waals surface area contributed by atoms with Gasteiger partial charge in [-0.15, -0.1) is 0 Å². The van der Waals surface area contributed by atoms with Crippen LogP contribution >= 0.6 is 34.8 Å². The van der Waals surface area contributed by atoms with Gasteiger partial charge >= 0.3 is 0 Å². The van der Waals surface area contributed by atoms with Gasteiger partial charge in [0.15, 0.2) is 0 Å². The molecule has 5 nitrogen and oxygen atoms in total. The molecule has 0 fully saturated rings. The van der Waals surface area contributed by atoms with Gasteiger partial charge in [-0.05, 0) is 47.5 Å². The van der Waals surface area contributed by atoms with Crippen LogP contribution < -0.4 is 4.90 Å². The van der Waals surface area contributed by atoms with Crippen LogP contribution in [-0.2, 0) is 4.79 Å². The van der Waals surface area contributed by atoms with Crippen molar-refractivity contribution in [2.45, 2.75) is 0 Å². The zero-order valence-electron chi connectivity index (χ0n) is 15.8. The fourth-order valence-corrected chi connectivity index (χ4v) is 3.91. The summed E-state index contributed by atoms with van der Waals surface area (Å²) in [7, 11) is 0. The van der Waals surface area contributed by atoms with E-state index in [1.165, 1.54) is 17.0 Å². The van der Waals surface area contributed by atoms with Crippen molar-refractivity contribution in [3.05, 3.63) is 115 Å². The maximum Gasteiger partial charge on any atom is 0.289 e. The second-order valence-corrected chi connectivity index (χ2v) is 7.95. The van der Waals surface area contributed by atoms with E-state index in [1.807, 2.05) is 30.3 Å². The molecule has 0 aromatic heterocycles. The first-order valence-corrected chi connectivity index (χ1v) is 10.2. The summed E-state index contributed by atoms with van der Waals surface area (Å²) in [5.41, 5.74) is 2.42. The number of carbonyl (C=O) groups is 1. The Morgan fingerprint density at radius 3 is 2.32 bits per heavy atom. The fourth-order valence-electron chi connectivity index (χ4n) is 3.26. The Balaban J connectivity index is 1.86. The molecule has 1 aliphatic rings. The van der Waals surface area contributed by atoms with E-state index in [4.69, 9.17) is 34.8 Å². The number of amides is 1. The third kappa shape index (κ3) is 4.21. The summed E-state index contributed by atoms with van der Waals surface area (Å²) in [5.74, 6) is -0.346. The van der Waals surface area contributed by atoms with Gasteiger partial charge in [-0.3, -0.25) is 19.8 Å². The lowest BCUT2D eigenvalue weighted by atomic mass is 10.1. The molecule has 1 heterocycles. The van der Waals surface area contributed by atoms with Crippen molar-refractivity contribution >= 4 is 63.9 Å². The lowest BCUT2D eigenvalue weighted by Crippen LogP contribution is -2.25. The highest BCUT2D eigenvalue weighted by molar-refractivity contribution is 6.36. The van der Waals surface area contributed by atoms with Crippen molar-refractivity contribution in [2.24, 2.45) is 0 Å². The minimum Gasteiger partial charge on any atom is -0.276 e. The molecule has 1 amide bonds. The van der Waals surface area contributed by atoms with Crippen molar-refractivity contribution in [1.82, 2.24) is 0 Å². The molecule has 0 aliphatic carbocycles. The van der Waals surface area contributed by atoms with E-state index >= 15 is 0 Å². The first-order chi connectivity index (χ1) is 14.8. The van der Waals surface area contributed by atoms with Crippen LogP contribution in [0.3, 0.4) is 0 Å². The molecule has 31 heavy (non-hydrogen) atoms. The van der Waals surface area contributed by atoms with E-state index in [0.29, 0.717) is 32.6 Å². The largest absolute Gasteiger partial charge is 0.289 e. The molecule has 0 bridgehead atoms. The number of rotatable bonds is 4. The van der Waals surface area contributed by atoms with Gasteiger partial charge in [-0.25, -0.2) is 0 Å². The molecule has 154 valence electrons. The maximum atomic E-state index is 13.4. The number of nitro groups is 1. The second kappa shape index (κ2) is 8.55. The predicted molar refractivity (Wildman–Crippen MR) is 124 cm³/mol. The fraction of sp³-hybridized carbons (Fsp3) is 0. The van der Waals surface area contributed by atoms with Crippen LogP contribution in [0.5, 0.6) is 0 Å². The third-order valence-corrected chi connectivity index (χ3v) is 5.59. The number of hydrogen-bond donors (Lipinski definition) is 0. The van der Waals surface area contributed by atoms with Crippen molar-refractivity contribution in [2.75, 3.05) is 4.90 Å². The maximum absolute atomic E-state index is 13.4. The molecule has 0 unspecified atom stereocenters. The predicted octanol–water partition coefficient (Wildman–Crippen LogP) is 7.03. The Hall–Kier alpha value is -3.12. The molecule has 1 aliphatic heterocycles. The van der Waals surface area contributed by atoms with Crippen molar-refractivity contribution in [1.29, 1.82) is 0 Å². The van der Waals surface area contributed by atoms with Gasteiger partial charge in [-0.2, -0.15) is 0 Å². The zero-order valence-corrected chi connectivity index (χ0v) is 18.0. The number of hydrogen-bond acceptors (Lipinski definition) is 3. The number of carbonyl (C=O) groups excluding carboxylic acids is 1. The zero-order chi connectivity index (χ0) is 22.1. The monoisotopic (exact) mass is 470 g/mol. The molecule has 0 N–H and O–H groups in total. The molecule has 4 rings (SSSR count). The lowest BCUT2D eigenvalue weighted by Gasteiger charge is -2.21. The summed E-state index contributed by atoms with van der Waals surface area (Å²) in [6.07, 6.45) is 3.39. The Labute approximate surface area is 192 Å². The molecular formula is C23H13Cl3N2O3. The Kier molecular flexibility index (Phi) is 5.83. The topological polar surface area (TPSA) is 63.5 Å². The minimum absolute atomic E-state index is 0.00523. The Morgan fingerprint density at radius 1 is 0.903 bits per heavy atom. The number of nitro benzene ring substituents is 1. The van der Waals surface area contributed by atoms with E-state index < -0.39 is 4.92 Å². The van der Waals surface area contributed by atoms with Crippen LogP contribution in [0.1, 0.15) is 11.1 Å². The van der Waals surface area contributed by atoms with Crippen LogP contribution in [0.15, 0.2) is 78.4 Å². The summed E-state index contributed by atoms with van der Waals surface area (Å²) in [6, 6.07) is 18.5. The quantitative estimate of drug-likeness (QED) is 0.233. The van der Waals surface area contributed by atoms with Crippen molar-refractivity contribution in [3.8, 4) is 0 Å². The standard InChI is InChI=1S/C23H13Cl3N2O3/c24-17-7-6-15(20(26)12-17)10-16-11-21(14-4-2-1-3-5-14)27(23(16)29)18-8-9-19(25)22(13-18)28(30)31/h1-13H/b16-10+. The first kappa shape index (κ1) is 21.1. The number of nitrogens with zero attached hydrogens (tertiary/aromatic N) is 2. The van der Waals surface area contributed by atoms with Crippen LogP contribution in [0, 0.1) is 10.1 Å². The van der Waals surface area contributed by atoms with E-state index in [-0.39, 0.29) is 16.6 Å². The number of benzene rings is 3. The lowest BCUT2D eigenvalue weighted by molar-refractivity contribution is -0.384. The van der Waals surface area contributed by atoms with Crippen LogP contribution in [0.2, 0.25) is 15.1 Å². The molecule has 3 aromatic rings. The highest BCUT2D eigenvalue weighted by atomic mass is 35.5. The van der Waals surface area contributed by atoms with Crippen molar-refractivity contribution < 1.29 is 9.72 Å². The Morgan fingerprint density at radius 2 is 1.65 bits per heavy atom. The molecule has 0 saturated carbocycles. The highest BCUT2D eigenvalue weighted by Crippen LogP contribution is 2.38. The van der Waals surface area contributed by atoms with E-state index in [0.717, 1.165) is 5.56 Å². The molecular weight excluding hydrogens is 459 g/mol.